The Labute approximate surface area is 115 Å². The number of carbonyl (C=O) groups excluding carboxylic acids is 1. The summed E-state index contributed by atoms with van der Waals surface area (Å²) in [5, 5.41) is 20.3. The van der Waals surface area contributed by atoms with E-state index in [0.29, 0.717) is 5.56 Å². The first-order valence-corrected chi connectivity index (χ1v) is 6.31. The number of anilines is 1. The molecule has 0 fully saturated rings. The summed E-state index contributed by atoms with van der Waals surface area (Å²) in [5.41, 5.74) is 1.33. The number of amides is 1. The number of carboxylic acid groups (broad SMARTS) is 1. The molecule has 0 aromatic heterocycles. The zero-order valence-corrected chi connectivity index (χ0v) is 10.6. The van der Waals surface area contributed by atoms with Gasteiger partial charge < -0.3 is 15.1 Å². The molecule has 20 heavy (non-hydrogen) atoms. The van der Waals surface area contributed by atoms with E-state index in [0.717, 1.165) is 16.5 Å². The van der Waals surface area contributed by atoms with Crippen LogP contribution in [0.25, 0.3) is 10.8 Å². The molecule has 1 atom stereocenters. The fraction of sp³-hybridized carbons (Fsp3) is 0.200. The SMILES string of the molecule is O=C(O)CC(O)CN1C(=O)c2cccc3cccc1c23. The van der Waals surface area contributed by atoms with Crippen LogP contribution in [0, 0.1) is 0 Å². The lowest BCUT2D eigenvalue weighted by atomic mass is 10.1. The number of β-amino-alcohol motifs (C(OH)–C–C–N with tert-alkyl or cyclic N) is 1. The Morgan fingerprint density at radius 3 is 2.60 bits per heavy atom. The maximum atomic E-state index is 12.4. The maximum absolute atomic E-state index is 12.4. The van der Waals surface area contributed by atoms with Crippen molar-refractivity contribution >= 4 is 28.3 Å². The third-order valence-corrected chi connectivity index (χ3v) is 3.45. The minimum atomic E-state index is -1.08. The van der Waals surface area contributed by atoms with Gasteiger partial charge in [-0.1, -0.05) is 24.3 Å². The molecule has 1 aliphatic heterocycles. The van der Waals surface area contributed by atoms with Gasteiger partial charge in [0.15, 0.2) is 0 Å². The molecule has 0 radical (unpaired) electrons. The average Bonchev–Trinajstić information content (AvgIpc) is 2.66. The second kappa shape index (κ2) is 4.61. The van der Waals surface area contributed by atoms with Gasteiger partial charge in [-0.2, -0.15) is 0 Å². The average molecular weight is 271 g/mol. The van der Waals surface area contributed by atoms with Crippen molar-refractivity contribution in [3.05, 3.63) is 42.0 Å². The predicted molar refractivity (Wildman–Crippen MR) is 73.9 cm³/mol. The van der Waals surface area contributed by atoms with Crippen LogP contribution in [0.4, 0.5) is 5.69 Å². The smallest absolute Gasteiger partial charge is 0.306 e. The molecule has 3 rings (SSSR count). The summed E-state index contributed by atoms with van der Waals surface area (Å²) in [6, 6.07) is 11.1. The second-order valence-electron chi connectivity index (χ2n) is 4.85. The largest absolute Gasteiger partial charge is 0.481 e. The van der Waals surface area contributed by atoms with Crippen LogP contribution in [-0.2, 0) is 4.79 Å². The highest BCUT2D eigenvalue weighted by molar-refractivity contribution is 6.25. The van der Waals surface area contributed by atoms with Crippen LogP contribution < -0.4 is 4.90 Å². The minimum Gasteiger partial charge on any atom is -0.481 e. The third kappa shape index (κ3) is 1.92. The van der Waals surface area contributed by atoms with Crippen LogP contribution in [0.15, 0.2) is 36.4 Å². The summed E-state index contributed by atoms with van der Waals surface area (Å²) < 4.78 is 0. The van der Waals surface area contributed by atoms with E-state index >= 15 is 0 Å². The van der Waals surface area contributed by atoms with Crippen molar-refractivity contribution in [3.8, 4) is 0 Å². The molecular formula is C15H13NO4. The van der Waals surface area contributed by atoms with Gasteiger partial charge in [-0.15, -0.1) is 0 Å². The highest BCUT2D eigenvalue weighted by atomic mass is 16.4. The number of aliphatic carboxylic acids is 1. The Bertz CT molecular complexity index is 705. The zero-order chi connectivity index (χ0) is 14.3. The number of hydrogen-bond donors (Lipinski definition) is 2. The molecule has 102 valence electrons. The van der Waals surface area contributed by atoms with Crippen LogP contribution in [0.1, 0.15) is 16.8 Å². The number of carbonyl (C=O) groups is 2. The van der Waals surface area contributed by atoms with Gasteiger partial charge in [-0.05, 0) is 17.5 Å². The van der Waals surface area contributed by atoms with Crippen molar-refractivity contribution in [2.75, 3.05) is 11.4 Å². The Kier molecular flexibility index (Phi) is 2.91. The summed E-state index contributed by atoms with van der Waals surface area (Å²) in [4.78, 5) is 24.4. The fourth-order valence-corrected chi connectivity index (χ4v) is 2.64. The molecule has 1 heterocycles. The molecule has 1 unspecified atom stereocenters. The molecule has 0 aliphatic carbocycles. The molecule has 0 saturated carbocycles. The minimum absolute atomic E-state index is 0.0150. The van der Waals surface area contributed by atoms with Crippen LogP contribution in [0.5, 0.6) is 0 Å². The van der Waals surface area contributed by atoms with E-state index in [1.165, 1.54) is 4.90 Å². The summed E-state index contributed by atoms with van der Waals surface area (Å²) in [6.07, 6.45) is -1.46. The molecule has 0 bridgehead atoms. The molecule has 1 amide bonds. The third-order valence-electron chi connectivity index (χ3n) is 3.45. The Morgan fingerprint density at radius 2 is 1.90 bits per heavy atom. The van der Waals surface area contributed by atoms with Gasteiger partial charge in [0, 0.05) is 10.9 Å². The van der Waals surface area contributed by atoms with Crippen molar-refractivity contribution in [1.29, 1.82) is 0 Å². The van der Waals surface area contributed by atoms with Gasteiger partial charge in [0.2, 0.25) is 0 Å². The van der Waals surface area contributed by atoms with Gasteiger partial charge in [-0.3, -0.25) is 9.59 Å². The molecule has 5 nitrogen and oxygen atoms in total. The van der Waals surface area contributed by atoms with Gasteiger partial charge in [0.25, 0.3) is 5.91 Å². The van der Waals surface area contributed by atoms with Crippen molar-refractivity contribution in [3.63, 3.8) is 0 Å². The van der Waals surface area contributed by atoms with Gasteiger partial charge >= 0.3 is 5.97 Å². The monoisotopic (exact) mass is 271 g/mol. The molecule has 2 N–H and O–H groups in total. The Balaban J connectivity index is 1.99. The molecule has 2 aromatic carbocycles. The number of aliphatic hydroxyl groups excluding tert-OH is 1. The van der Waals surface area contributed by atoms with E-state index in [1.807, 2.05) is 30.3 Å². The van der Waals surface area contributed by atoms with Crippen molar-refractivity contribution in [1.82, 2.24) is 0 Å². The van der Waals surface area contributed by atoms with E-state index in [4.69, 9.17) is 5.11 Å². The van der Waals surface area contributed by atoms with Crippen LogP contribution >= 0.6 is 0 Å². The number of rotatable bonds is 4. The first kappa shape index (κ1) is 12.6. The highest BCUT2D eigenvalue weighted by Gasteiger charge is 2.31. The van der Waals surface area contributed by atoms with E-state index < -0.39 is 12.1 Å². The first-order chi connectivity index (χ1) is 9.58. The van der Waals surface area contributed by atoms with Crippen molar-refractivity contribution in [2.24, 2.45) is 0 Å². The molecule has 1 aliphatic rings. The van der Waals surface area contributed by atoms with Crippen molar-refractivity contribution < 1.29 is 19.8 Å². The Morgan fingerprint density at radius 1 is 1.20 bits per heavy atom. The molecule has 0 spiro atoms. The standard InChI is InChI=1S/C15H13NO4/c17-10(7-13(18)19)8-16-12-6-2-4-9-3-1-5-11(14(9)12)15(16)20/h1-6,10,17H,7-8H2,(H,18,19). The summed E-state index contributed by atoms with van der Waals surface area (Å²) in [5.74, 6) is -1.28. The topological polar surface area (TPSA) is 77.8 Å². The lowest BCUT2D eigenvalue weighted by Crippen LogP contribution is -2.35. The maximum Gasteiger partial charge on any atom is 0.306 e. The number of aliphatic hydroxyl groups is 1. The Hall–Kier alpha value is -2.40. The number of nitrogens with zero attached hydrogens (tertiary/aromatic N) is 1. The van der Waals surface area contributed by atoms with Crippen LogP contribution in [0.3, 0.4) is 0 Å². The lowest BCUT2D eigenvalue weighted by Gasteiger charge is -2.20. The summed E-state index contributed by atoms with van der Waals surface area (Å²) >= 11 is 0. The van der Waals surface area contributed by atoms with Gasteiger partial charge in [0.1, 0.15) is 0 Å². The fourth-order valence-electron chi connectivity index (χ4n) is 2.64. The summed E-state index contributed by atoms with van der Waals surface area (Å²) in [6.45, 7) is -0.0150. The highest BCUT2D eigenvalue weighted by Crippen LogP contribution is 2.37. The van der Waals surface area contributed by atoms with Gasteiger partial charge in [0.05, 0.1) is 24.8 Å². The molecule has 5 heteroatoms. The molecule has 0 saturated heterocycles. The number of carboxylic acids is 1. The zero-order valence-electron chi connectivity index (χ0n) is 10.6. The van der Waals surface area contributed by atoms with E-state index in [-0.39, 0.29) is 18.9 Å². The number of hydrogen-bond acceptors (Lipinski definition) is 3. The van der Waals surface area contributed by atoms with E-state index in [2.05, 4.69) is 0 Å². The van der Waals surface area contributed by atoms with Gasteiger partial charge in [-0.25, -0.2) is 0 Å². The van der Waals surface area contributed by atoms with Crippen LogP contribution in [-0.4, -0.2) is 34.7 Å². The summed E-state index contributed by atoms with van der Waals surface area (Å²) in [7, 11) is 0. The second-order valence-corrected chi connectivity index (χ2v) is 4.85. The van der Waals surface area contributed by atoms with Crippen LogP contribution in [0.2, 0.25) is 0 Å². The van der Waals surface area contributed by atoms with E-state index in [1.54, 1.807) is 6.07 Å². The normalized spacial score (nSPS) is 14.8. The number of benzene rings is 2. The lowest BCUT2D eigenvalue weighted by molar-refractivity contribution is -0.139. The molecular weight excluding hydrogens is 258 g/mol. The van der Waals surface area contributed by atoms with Crippen molar-refractivity contribution in [2.45, 2.75) is 12.5 Å². The quantitative estimate of drug-likeness (QED) is 0.886. The molecule has 2 aromatic rings. The predicted octanol–water partition coefficient (Wildman–Crippen LogP) is 1.64. The van der Waals surface area contributed by atoms with E-state index in [9.17, 15) is 14.7 Å². The first-order valence-electron chi connectivity index (χ1n) is 6.31.